The molecule has 1 aromatic rings. The van der Waals surface area contributed by atoms with Gasteiger partial charge in [-0.3, -0.25) is 4.99 Å². The zero-order valence-electron chi connectivity index (χ0n) is 16.8. The predicted octanol–water partition coefficient (Wildman–Crippen LogP) is 2.85. The molecule has 0 aliphatic rings. The van der Waals surface area contributed by atoms with Gasteiger partial charge in [-0.15, -0.1) is 0 Å². The molecule has 2 N–H and O–H groups in total. The van der Waals surface area contributed by atoms with Crippen molar-refractivity contribution < 1.29 is 13.2 Å². The highest BCUT2D eigenvalue weighted by atomic mass is 32.2. The molecule has 26 heavy (non-hydrogen) atoms. The van der Waals surface area contributed by atoms with Crippen LogP contribution in [0.4, 0.5) is 0 Å². The number of sulfone groups is 1. The molecule has 0 heterocycles. The topological polar surface area (TPSA) is 79.8 Å². The van der Waals surface area contributed by atoms with Crippen LogP contribution >= 0.6 is 0 Å². The fraction of sp³-hybridized carbons (Fsp3) is 0.632. The molecule has 0 saturated carbocycles. The summed E-state index contributed by atoms with van der Waals surface area (Å²) in [6, 6.07) is 6.77. The molecule has 0 aliphatic heterocycles. The van der Waals surface area contributed by atoms with Gasteiger partial charge in [0.25, 0.3) is 0 Å². The normalized spacial score (nSPS) is 14.0. The highest BCUT2D eigenvalue weighted by Crippen LogP contribution is 2.21. The van der Waals surface area contributed by atoms with Gasteiger partial charge in [0.15, 0.2) is 15.8 Å². The zero-order valence-corrected chi connectivity index (χ0v) is 17.6. The van der Waals surface area contributed by atoms with Crippen molar-refractivity contribution in [3.63, 3.8) is 0 Å². The van der Waals surface area contributed by atoms with E-state index in [0.717, 1.165) is 18.8 Å². The second-order valence-corrected chi connectivity index (χ2v) is 9.75. The lowest BCUT2D eigenvalue weighted by atomic mass is 9.89. The number of nitrogens with one attached hydrogen (secondary N) is 2. The van der Waals surface area contributed by atoms with E-state index in [9.17, 15) is 8.42 Å². The number of benzene rings is 1. The van der Waals surface area contributed by atoms with Crippen LogP contribution in [0.1, 0.15) is 40.5 Å². The largest absolute Gasteiger partial charge is 0.492 e. The van der Waals surface area contributed by atoms with Gasteiger partial charge < -0.3 is 15.4 Å². The molecular formula is C19H33N3O3S. The van der Waals surface area contributed by atoms with E-state index in [-0.39, 0.29) is 4.90 Å². The SMILES string of the molecule is CN=C(NCCOc1ccc(S(C)(=O)=O)cc1)NC(C)CCC(C)(C)C. The summed E-state index contributed by atoms with van der Waals surface area (Å²) in [6.07, 6.45) is 3.41. The minimum absolute atomic E-state index is 0.289. The van der Waals surface area contributed by atoms with Gasteiger partial charge in [0.05, 0.1) is 11.4 Å². The Bertz CT molecular complexity index is 677. The maximum atomic E-state index is 11.4. The average Bonchev–Trinajstić information content (AvgIpc) is 2.54. The Morgan fingerprint density at radius 2 is 1.85 bits per heavy atom. The number of hydrogen-bond acceptors (Lipinski definition) is 4. The van der Waals surface area contributed by atoms with Gasteiger partial charge in [0.2, 0.25) is 0 Å². The lowest BCUT2D eigenvalue weighted by molar-refractivity contribution is 0.320. The molecule has 0 bridgehead atoms. The average molecular weight is 384 g/mol. The second kappa shape index (κ2) is 9.80. The first-order valence-electron chi connectivity index (χ1n) is 8.91. The maximum absolute atomic E-state index is 11.4. The van der Waals surface area contributed by atoms with E-state index in [1.807, 2.05) is 0 Å². The third-order valence-electron chi connectivity index (χ3n) is 3.85. The molecule has 1 aromatic carbocycles. The quantitative estimate of drug-likeness (QED) is 0.410. The van der Waals surface area contributed by atoms with Crippen molar-refractivity contribution >= 4 is 15.8 Å². The second-order valence-electron chi connectivity index (χ2n) is 7.74. The van der Waals surface area contributed by atoms with Gasteiger partial charge >= 0.3 is 0 Å². The molecule has 1 rings (SSSR count). The van der Waals surface area contributed by atoms with Crippen molar-refractivity contribution in [1.29, 1.82) is 0 Å². The maximum Gasteiger partial charge on any atom is 0.191 e. The van der Waals surface area contributed by atoms with Crippen LogP contribution in [0.3, 0.4) is 0 Å². The first-order valence-corrected chi connectivity index (χ1v) is 10.8. The Hall–Kier alpha value is -1.76. The molecule has 6 nitrogen and oxygen atoms in total. The summed E-state index contributed by atoms with van der Waals surface area (Å²) in [6.45, 7) is 9.93. The summed E-state index contributed by atoms with van der Waals surface area (Å²) >= 11 is 0. The van der Waals surface area contributed by atoms with Crippen LogP contribution in [0.25, 0.3) is 0 Å². The van der Waals surface area contributed by atoms with E-state index in [1.165, 1.54) is 6.26 Å². The number of nitrogens with zero attached hydrogens (tertiary/aromatic N) is 1. The summed E-state index contributed by atoms with van der Waals surface area (Å²) in [5.41, 5.74) is 0.327. The van der Waals surface area contributed by atoms with E-state index in [1.54, 1.807) is 31.3 Å². The molecule has 0 spiro atoms. The molecular weight excluding hydrogens is 350 g/mol. The number of rotatable bonds is 8. The van der Waals surface area contributed by atoms with E-state index in [0.29, 0.717) is 30.4 Å². The highest BCUT2D eigenvalue weighted by molar-refractivity contribution is 7.90. The minimum Gasteiger partial charge on any atom is -0.492 e. The summed E-state index contributed by atoms with van der Waals surface area (Å²) < 4.78 is 28.5. The van der Waals surface area contributed by atoms with E-state index < -0.39 is 9.84 Å². The Balaban J connectivity index is 2.34. The van der Waals surface area contributed by atoms with Crippen molar-refractivity contribution in [2.24, 2.45) is 10.4 Å². The molecule has 148 valence electrons. The highest BCUT2D eigenvalue weighted by Gasteiger charge is 2.13. The fourth-order valence-corrected chi connectivity index (χ4v) is 2.90. The van der Waals surface area contributed by atoms with Crippen LogP contribution in [0.15, 0.2) is 34.2 Å². The van der Waals surface area contributed by atoms with Crippen molar-refractivity contribution in [2.45, 2.75) is 51.5 Å². The van der Waals surface area contributed by atoms with Gasteiger partial charge in [-0.25, -0.2) is 8.42 Å². The van der Waals surface area contributed by atoms with Gasteiger partial charge in [0.1, 0.15) is 12.4 Å². The van der Waals surface area contributed by atoms with Crippen molar-refractivity contribution in [1.82, 2.24) is 10.6 Å². The van der Waals surface area contributed by atoms with Crippen molar-refractivity contribution in [2.75, 3.05) is 26.5 Å². The lowest BCUT2D eigenvalue weighted by Gasteiger charge is -2.23. The minimum atomic E-state index is -3.18. The molecule has 0 aliphatic carbocycles. The van der Waals surface area contributed by atoms with E-state index >= 15 is 0 Å². The fourth-order valence-electron chi connectivity index (χ4n) is 2.27. The molecule has 0 aromatic heterocycles. The third kappa shape index (κ3) is 9.08. The van der Waals surface area contributed by atoms with E-state index in [2.05, 4.69) is 43.3 Å². The Morgan fingerprint density at radius 3 is 2.35 bits per heavy atom. The predicted molar refractivity (Wildman–Crippen MR) is 108 cm³/mol. The Morgan fingerprint density at radius 1 is 1.23 bits per heavy atom. The van der Waals surface area contributed by atoms with Crippen LogP contribution in [0, 0.1) is 5.41 Å². The number of hydrogen-bond donors (Lipinski definition) is 2. The van der Waals surface area contributed by atoms with Crippen molar-refractivity contribution in [3.8, 4) is 5.75 Å². The summed E-state index contributed by atoms with van der Waals surface area (Å²) in [5.74, 6) is 1.39. The van der Waals surface area contributed by atoms with Gasteiger partial charge in [-0.2, -0.15) is 0 Å². The van der Waals surface area contributed by atoms with Gasteiger partial charge in [-0.1, -0.05) is 20.8 Å². The number of guanidine groups is 1. The van der Waals surface area contributed by atoms with Crippen LogP contribution in [0.5, 0.6) is 5.75 Å². The third-order valence-corrected chi connectivity index (χ3v) is 4.98. The lowest BCUT2D eigenvalue weighted by Crippen LogP contribution is -2.43. The summed E-state index contributed by atoms with van der Waals surface area (Å²) in [4.78, 5) is 4.52. The Labute approximate surface area is 158 Å². The molecule has 0 saturated heterocycles. The molecule has 1 atom stereocenters. The number of ether oxygens (including phenoxy) is 1. The molecule has 0 fully saturated rings. The van der Waals surface area contributed by atoms with Crippen LogP contribution in [0.2, 0.25) is 0 Å². The number of aliphatic imine (C=N–C) groups is 1. The van der Waals surface area contributed by atoms with E-state index in [4.69, 9.17) is 4.74 Å². The molecule has 1 unspecified atom stereocenters. The molecule has 0 amide bonds. The summed E-state index contributed by atoms with van der Waals surface area (Å²) in [7, 11) is -1.43. The van der Waals surface area contributed by atoms with Crippen LogP contribution in [-0.4, -0.2) is 46.9 Å². The standard InChI is InChI=1S/C19H33N3O3S/c1-15(11-12-19(2,3)4)22-18(20-5)21-13-14-25-16-7-9-17(10-8-16)26(6,23)24/h7-10,15H,11-14H2,1-6H3,(H2,20,21,22). The van der Waals surface area contributed by atoms with Crippen LogP contribution in [-0.2, 0) is 9.84 Å². The monoisotopic (exact) mass is 383 g/mol. The molecule has 0 radical (unpaired) electrons. The van der Waals surface area contributed by atoms with Gasteiger partial charge in [0, 0.05) is 19.3 Å². The van der Waals surface area contributed by atoms with Crippen molar-refractivity contribution in [3.05, 3.63) is 24.3 Å². The first kappa shape index (κ1) is 22.3. The first-order chi connectivity index (χ1) is 12.0. The van der Waals surface area contributed by atoms with Gasteiger partial charge in [-0.05, 0) is 49.4 Å². The Kier molecular flexibility index (Phi) is 8.40. The molecule has 7 heteroatoms. The summed E-state index contributed by atoms with van der Waals surface area (Å²) in [5, 5.41) is 6.60. The van der Waals surface area contributed by atoms with Crippen LogP contribution < -0.4 is 15.4 Å². The zero-order chi connectivity index (χ0) is 19.8. The smallest absolute Gasteiger partial charge is 0.191 e.